The normalized spacial score (nSPS) is 18.6. The molecule has 1 saturated heterocycles. The van der Waals surface area contributed by atoms with E-state index in [9.17, 15) is 8.78 Å². The number of likely N-dealkylation sites (tertiary alicyclic amines) is 1. The number of benzene rings is 2. The van der Waals surface area contributed by atoms with Gasteiger partial charge < -0.3 is 10.6 Å². The van der Waals surface area contributed by atoms with E-state index in [2.05, 4.69) is 22.0 Å². The Morgan fingerprint density at radius 2 is 1.84 bits per heavy atom. The lowest BCUT2D eigenvalue weighted by Crippen LogP contribution is -2.36. The largest absolute Gasteiger partial charge is 0.370 e. The van der Waals surface area contributed by atoms with Crippen molar-refractivity contribution in [2.24, 2.45) is 10.7 Å². The molecule has 1 fully saturated rings. The summed E-state index contributed by atoms with van der Waals surface area (Å²) in [6.07, 6.45) is 2.14. The zero-order valence-corrected chi connectivity index (χ0v) is 14.3. The summed E-state index contributed by atoms with van der Waals surface area (Å²) in [7, 11) is 0. The molecule has 25 heavy (non-hydrogen) atoms. The number of nitrogens with zero attached hydrogens (tertiary/aromatic N) is 2. The summed E-state index contributed by atoms with van der Waals surface area (Å²) in [6.45, 7) is 2.17. The molecule has 1 aliphatic heterocycles. The molecule has 0 spiro atoms. The first-order chi connectivity index (χ1) is 11.9. The van der Waals surface area contributed by atoms with Crippen LogP contribution in [-0.2, 0) is 12.5 Å². The highest BCUT2D eigenvalue weighted by molar-refractivity contribution is 5.79. The summed E-state index contributed by atoms with van der Waals surface area (Å²) in [4.78, 5) is 6.61. The summed E-state index contributed by atoms with van der Waals surface area (Å²) in [5.41, 5.74) is 8.33. The van der Waals surface area contributed by atoms with E-state index in [0.717, 1.165) is 31.9 Å². The van der Waals surface area contributed by atoms with E-state index >= 15 is 0 Å². The van der Waals surface area contributed by atoms with Crippen molar-refractivity contribution >= 4 is 5.96 Å². The van der Waals surface area contributed by atoms with Gasteiger partial charge in [0.15, 0.2) is 5.96 Å². The van der Waals surface area contributed by atoms with Gasteiger partial charge in [-0.2, -0.15) is 0 Å². The molecule has 1 atom stereocenters. The van der Waals surface area contributed by atoms with Gasteiger partial charge in [0, 0.05) is 19.0 Å². The van der Waals surface area contributed by atoms with Gasteiger partial charge >= 0.3 is 0 Å². The standard InChI is InChI=1S/C20H23F2N3/c1-20(21,22)17-11-9-15(10-12-17)14-24-19(23)25-13-5-8-18(25)16-6-3-2-4-7-16/h2-4,6-7,9-12,18H,5,8,13-14H2,1H3,(H2,23,24). The average Bonchev–Trinajstić information content (AvgIpc) is 3.10. The van der Waals surface area contributed by atoms with Crippen LogP contribution in [-0.4, -0.2) is 17.4 Å². The zero-order valence-electron chi connectivity index (χ0n) is 14.3. The average molecular weight is 343 g/mol. The van der Waals surface area contributed by atoms with Crippen LogP contribution < -0.4 is 5.73 Å². The van der Waals surface area contributed by atoms with Crippen molar-refractivity contribution in [1.29, 1.82) is 0 Å². The van der Waals surface area contributed by atoms with Crippen LogP contribution in [0.15, 0.2) is 59.6 Å². The first kappa shape index (κ1) is 17.4. The van der Waals surface area contributed by atoms with Crippen molar-refractivity contribution in [3.63, 3.8) is 0 Å². The second-order valence-corrected chi connectivity index (χ2v) is 6.52. The highest BCUT2D eigenvalue weighted by Gasteiger charge is 2.27. The second-order valence-electron chi connectivity index (χ2n) is 6.52. The van der Waals surface area contributed by atoms with E-state index in [1.54, 1.807) is 12.1 Å². The smallest absolute Gasteiger partial charge is 0.270 e. The lowest BCUT2D eigenvalue weighted by Gasteiger charge is -2.26. The third kappa shape index (κ3) is 4.16. The van der Waals surface area contributed by atoms with Gasteiger partial charge in [-0.05, 0) is 24.0 Å². The Hall–Kier alpha value is -2.43. The first-order valence-electron chi connectivity index (χ1n) is 8.54. The van der Waals surface area contributed by atoms with Crippen molar-refractivity contribution in [2.75, 3.05) is 6.54 Å². The molecule has 0 amide bonds. The molecule has 132 valence electrons. The molecule has 2 aromatic rings. The van der Waals surface area contributed by atoms with E-state index in [0.29, 0.717) is 12.5 Å². The Morgan fingerprint density at radius 1 is 1.16 bits per heavy atom. The molecule has 5 heteroatoms. The van der Waals surface area contributed by atoms with E-state index in [4.69, 9.17) is 5.73 Å². The Bertz CT molecular complexity index is 721. The van der Waals surface area contributed by atoms with Crippen molar-refractivity contribution in [1.82, 2.24) is 4.90 Å². The summed E-state index contributed by atoms with van der Waals surface area (Å²) < 4.78 is 26.5. The molecule has 3 rings (SSSR count). The van der Waals surface area contributed by atoms with Gasteiger partial charge in [0.1, 0.15) is 0 Å². The van der Waals surface area contributed by atoms with Crippen molar-refractivity contribution in [3.05, 3.63) is 71.3 Å². The van der Waals surface area contributed by atoms with Crippen LogP contribution >= 0.6 is 0 Å². The lowest BCUT2D eigenvalue weighted by molar-refractivity contribution is 0.0174. The van der Waals surface area contributed by atoms with Gasteiger partial charge in [0.25, 0.3) is 5.92 Å². The Kier molecular flexibility index (Phi) is 5.02. The second kappa shape index (κ2) is 7.21. The summed E-state index contributed by atoms with van der Waals surface area (Å²) in [6, 6.07) is 16.8. The minimum Gasteiger partial charge on any atom is -0.370 e. The third-order valence-corrected chi connectivity index (χ3v) is 4.62. The van der Waals surface area contributed by atoms with Gasteiger partial charge in [-0.25, -0.2) is 13.8 Å². The zero-order chi connectivity index (χ0) is 17.9. The Morgan fingerprint density at radius 3 is 2.48 bits per heavy atom. The molecular formula is C20H23F2N3. The van der Waals surface area contributed by atoms with Crippen LogP contribution in [0.2, 0.25) is 0 Å². The van der Waals surface area contributed by atoms with Crippen LogP contribution in [0, 0.1) is 0 Å². The van der Waals surface area contributed by atoms with Gasteiger partial charge in [0.05, 0.1) is 12.6 Å². The maximum Gasteiger partial charge on any atom is 0.270 e. The molecule has 0 radical (unpaired) electrons. The third-order valence-electron chi connectivity index (χ3n) is 4.62. The fraction of sp³-hybridized carbons (Fsp3) is 0.350. The van der Waals surface area contributed by atoms with Crippen LogP contribution in [0.25, 0.3) is 0 Å². The van der Waals surface area contributed by atoms with E-state index in [1.807, 2.05) is 18.2 Å². The summed E-state index contributed by atoms with van der Waals surface area (Å²) >= 11 is 0. The molecule has 0 aliphatic carbocycles. The highest BCUT2D eigenvalue weighted by Crippen LogP contribution is 2.31. The highest BCUT2D eigenvalue weighted by atomic mass is 19.3. The molecule has 1 aliphatic rings. The van der Waals surface area contributed by atoms with Crippen molar-refractivity contribution < 1.29 is 8.78 Å². The number of hydrogen-bond donors (Lipinski definition) is 1. The van der Waals surface area contributed by atoms with Gasteiger partial charge in [-0.1, -0.05) is 54.6 Å². The SMILES string of the molecule is CC(F)(F)c1ccc(CN=C(N)N2CCCC2c2ccccc2)cc1. The minimum atomic E-state index is -2.82. The minimum absolute atomic E-state index is 0.0110. The van der Waals surface area contributed by atoms with E-state index in [-0.39, 0.29) is 11.6 Å². The number of rotatable bonds is 4. The summed E-state index contributed by atoms with van der Waals surface area (Å²) in [5, 5.41) is 0. The predicted octanol–water partition coefficient (Wildman–Crippen LogP) is 4.45. The summed E-state index contributed by atoms with van der Waals surface area (Å²) in [5.74, 6) is -2.31. The molecule has 1 heterocycles. The molecule has 1 unspecified atom stereocenters. The molecular weight excluding hydrogens is 320 g/mol. The van der Waals surface area contributed by atoms with Crippen molar-refractivity contribution in [2.45, 2.75) is 38.3 Å². The molecule has 0 aromatic heterocycles. The number of hydrogen-bond acceptors (Lipinski definition) is 1. The topological polar surface area (TPSA) is 41.6 Å². The molecule has 2 aromatic carbocycles. The fourth-order valence-electron chi connectivity index (χ4n) is 3.23. The molecule has 0 bridgehead atoms. The molecule has 3 nitrogen and oxygen atoms in total. The van der Waals surface area contributed by atoms with Gasteiger partial charge in [-0.15, -0.1) is 0 Å². The fourth-order valence-corrected chi connectivity index (χ4v) is 3.23. The van der Waals surface area contributed by atoms with Gasteiger partial charge in [-0.3, -0.25) is 0 Å². The van der Waals surface area contributed by atoms with Crippen LogP contribution in [0.4, 0.5) is 8.78 Å². The Balaban J connectivity index is 1.69. The first-order valence-corrected chi connectivity index (χ1v) is 8.54. The Labute approximate surface area is 147 Å². The maximum atomic E-state index is 13.3. The van der Waals surface area contributed by atoms with Gasteiger partial charge in [0.2, 0.25) is 0 Å². The lowest BCUT2D eigenvalue weighted by atomic mass is 10.1. The number of aliphatic imine (C=N–C) groups is 1. The molecule has 2 N–H and O–H groups in total. The molecule has 0 saturated carbocycles. The predicted molar refractivity (Wildman–Crippen MR) is 96.5 cm³/mol. The number of nitrogens with two attached hydrogens (primary N) is 1. The van der Waals surface area contributed by atoms with E-state index < -0.39 is 5.92 Å². The van der Waals surface area contributed by atoms with Crippen LogP contribution in [0.1, 0.15) is 42.5 Å². The van der Waals surface area contributed by atoms with Crippen LogP contribution in [0.3, 0.4) is 0 Å². The number of alkyl halides is 2. The van der Waals surface area contributed by atoms with Crippen LogP contribution in [0.5, 0.6) is 0 Å². The quantitative estimate of drug-likeness (QED) is 0.658. The number of guanidine groups is 1. The van der Waals surface area contributed by atoms with Crippen molar-refractivity contribution in [3.8, 4) is 0 Å². The maximum absolute atomic E-state index is 13.3. The monoisotopic (exact) mass is 343 g/mol. The number of halogens is 2. The van der Waals surface area contributed by atoms with E-state index in [1.165, 1.54) is 17.7 Å².